The van der Waals surface area contributed by atoms with Crippen molar-refractivity contribution in [2.75, 3.05) is 0 Å². The summed E-state index contributed by atoms with van der Waals surface area (Å²) in [6, 6.07) is 10.4. The number of benzene rings is 1. The van der Waals surface area contributed by atoms with Crippen LogP contribution in [0.25, 0.3) is 10.2 Å². The number of aryl methyl sites for hydroxylation is 1. The molecule has 3 aromatic rings. The summed E-state index contributed by atoms with van der Waals surface area (Å²) < 4.78 is 1.00. The quantitative estimate of drug-likeness (QED) is 0.349. The Morgan fingerprint density at radius 1 is 1.29 bits per heavy atom. The third-order valence-electron chi connectivity index (χ3n) is 3.04. The van der Waals surface area contributed by atoms with Gasteiger partial charge in [-0.1, -0.05) is 11.2 Å². The molecule has 0 bridgehead atoms. The predicted molar refractivity (Wildman–Crippen MR) is 81.2 cm³/mol. The van der Waals surface area contributed by atoms with Gasteiger partial charge in [-0.15, -0.1) is 11.3 Å². The highest BCUT2D eigenvalue weighted by Crippen LogP contribution is 2.20. The molecule has 2 heterocycles. The van der Waals surface area contributed by atoms with Gasteiger partial charge >= 0.3 is 0 Å². The summed E-state index contributed by atoms with van der Waals surface area (Å²) in [6.07, 6.45) is 0. The molecule has 1 N–H and O–H groups in total. The summed E-state index contributed by atoms with van der Waals surface area (Å²) in [5.74, 6) is -0.384. The summed E-state index contributed by atoms with van der Waals surface area (Å²) in [5, 5.41) is 12.3. The van der Waals surface area contributed by atoms with Gasteiger partial charge in [-0.25, -0.2) is 4.98 Å². The number of nitrogens with zero attached hydrogens (tertiary/aromatic N) is 3. The maximum absolute atomic E-state index is 12.5. The van der Waals surface area contributed by atoms with Crippen molar-refractivity contribution in [2.45, 2.75) is 6.92 Å². The number of fused-ring (bicyclic) bond motifs is 1. The number of ketones is 1. The van der Waals surface area contributed by atoms with Gasteiger partial charge in [-0.05, 0) is 37.3 Å². The molecular formula is C15H11N3O2S. The van der Waals surface area contributed by atoms with Crippen LogP contribution < -0.4 is 0 Å². The van der Waals surface area contributed by atoms with Crippen LogP contribution in [-0.4, -0.2) is 26.7 Å². The second-order valence-electron chi connectivity index (χ2n) is 4.48. The lowest BCUT2D eigenvalue weighted by Gasteiger charge is -2.04. The number of oxime groups is 1. The Morgan fingerprint density at radius 3 is 2.90 bits per heavy atom. The van der Waals surface area contributed by atoms with Crippen LogP contribution in [0, 0.1) is 6.92 Å². The first-order valence-corrected chi connectivity index (χ1v) is 7.11. The number of Topliss-reactive ketones (excluding diaryl/α,β-unsaturated/α-hetero) is 1. The number of carbonyl (C=O) groups excluding carboxylic acids is 1. The van der Waals surface area contributed by atoms with E-state index in [4.69, 9.17) is 0 Å². The van der Waals surface area contributed by atoms with Crippen LogP contribution in [0.2, 0.25) is 0 Å². The first kappa shape index (κ1) is 13.4. The SMILES string of the molecule is Cc1cccc(/C(=N\O)C(=O)c2ccc3scnc3c2)n1. The van der Waals surface area contributed by atoms with E-state index in [-0.39, 0.29) is 11.5 Å². The van der Waals surface area contributed by atoms with E-state index >= 15 is 0 Å². The van der Waals surface area contributed by atoms with Crippen molar-refractivity contribution >= 4 is 33.0 Å². The summed E-state index contributed by atoms with van der Waals surface area (Å²) >= 11 is 1.51. The van der Waals surface area contributed by atoms with Crippen LogP contribution in [0.1, 0.15) is 21.7 Å². The maximum Gasteiger partial charge on any atom is 0.217 e. The molecule has 0 unspecified atom stereocenters. The van der Waals surface area contributed by atoms with E-state index in [0.717, 1.165) is 15.9 Å². The number of thiazole rings is 1. The molecular weight excluding hydrogens is 286 g/mol. The fraction of sp³-hybridized carbons (Fsp3) is 0.0667. The largest absolute Gasteiger partial charge is 0.410 e. The number of aromatic nitrogens is 2. The van der Waals surface area contributed by atoms with Crippen LogP contribution in [0.4, 0.5) is 0 Å². The lowest BCUT2D eigenvalue weighted by molar-refractivity contribution is 0.106. The van der Waals surface area contributed by atoms with Crippen LogP contribution in [-0.2, 0) is 0 Å². The monoisotopic (exact) mass is 297 g/mol. The van der Waals surface area contributed by atoms with E-state index in [1.165, 1.54) is 11.3 Å². The highest BCUT2D eigenvalue weighted by Gasteiger charge is 2.19. The van der Waals surface area contributed by atoms with Gasteiger partial charge in [-0.3, -0.25) is 9.78 Å². The van der Waals surface area contributed by atoms with Gasteiger partial charge in [-0.2, -0.15) is 0 Å². The molecule has 0 aliphatic rings. The van der Waals surface area contributed by atoms with E-state index in [1.54, 1.807) is 29.8 Å². The molecule has 21 heavy (non-hydrogen) atoms. The highest BCUT2D eigenvalue weighted by atomic mass is 32.1. The van der Waals surface area contributed by atoms with Crippen molar-refractivity contribution in [1.29, 1.82) is 0 Å². The average Bonchev–Trinajstić information content (AvgIpc) is 2.95. The molecule has 0 aliphatic heterocycles. The molecule has 0 amide bonds. The lowest BCUT2D eigenvalue weighted by Crippen LogP contribution is -2.17. The fourth-order valence-electron chi connectivity index (χ4n) is 2.02. The average molecular weight is 297 g/mol. The zero-order valence-electron chi connectivity index (χ0n) is 11.1. The van der Waals surface area contributed by atoms with Gasteiger partial charge in [0.2, 0.25) is 5.78 Å². The van der Waals surface area contributed by atoms with Crippen LogP contribution in [0.5, 0.6) is 0 Å². The van der Waals surface area contributed by atoms with Crippen molar-refractivity contribution in [3.8, 4) is 0 Å². The Kier molecular flexibility index (Phi) is 3.45. The minimum Gasteiger partial charge on any atom is -0.410 e. The smallest absolute Gasteiger partial charge is 0.217 e. The molecule has 0 radical (unpaired) electrons. The number of pyridine rings is 1. The maximum atomic E-state index is 12.5. The Balaban J connectivity index is 2.02. The molecule has 0 fully saturated rings. The van der Waals surface area contributed by atoms with Crippen molar-refractivity contribution in [2.24, 2.45) is 5.16 Å². The first-order valence-electron chi connectivity index (χ1n) is 6.23. The summed E-state index contributed by atoms with van der Waals surface area (Å²) in [4.78, 5) is 20.9. The number of rotatable bonds is 3. The predicted octanol–water partition coefficient (Wildman–Crippen LogP) is 3.06. The normalized spacial score (nSPS) is 11.8. The lowest BCUT2D eigenvalue weighted by atomic mass is 10.0. The van der Waals surface area contributed by atoms with Gasteiger partial charge in [0.1, 0.15) is 0 Å². The molecule has 0 spiro atoms. The van der Waals surface area contributed by atoms with E-state index < -0.39 is 0 Å². The van der Waals surface area contributed by atoms with E-state index in [9.17, 15) is 10.0 Å². The van der Waals surface area contributed by atoms with Crippen LogP contribution in [0.15, 0.2) is 47.1 Å². The molecule has 5 nitrogen and oxygen atoms in total. The minimum atomic E-state index is -0.384. The highest BCUT2D eigenvalue weighted by molar-refractivity contribution is 7.16. The van der Waals surface area contributed by atoms with E-state index in [2.05, 4.69) is 15.1 Å². The standard InChI is InChI=1S/C15H11N3O2S/c1-9-3-2-4-11(17-9)14(18-20)15(19)10-5-6-13-12(7-10)16-8-21-13/h2-8,20H,1H3/b18-14+. The third-order valence-corrected chi connectivity index (χ3v) is 3.85. The molecule has 6 heteroatoms. The second kappa shape index (κ2) is 5.41. The Morgan fingerprint density at radius 2 is 2.14 bits per heavy atom. The molecule has 0 atom stereocenters. The Hall–Kier alpha value is -2.60. The van der Waals surface area contributed by atoms with Gasteiger partial charge in [0, 0.05) is 11.3 Å². The summed E-state index contributed by atoms with van der Waals surface area (Å²) in [6.45, 7) is 1.81. The molecule has 0 saturated heterocycles. The van der Waals surface area contributed by atoms with Gasteiger partial charge in [0.25, 0.3) is 0 Å². The fourth-order valence-corrected chi connectivity index (χ4v) is 2.68. The van der Waals surface area contributed by atoms with Crippen LogP contribution in [0.3, 0.4) is 0 Å². The second-order valence-corrected chi connectivity index (χ2v) is 5.36. The van der Waals surface area contributed by atoms with Crippen LogP contribution >= 0.6 is 11.3 Å². The number of carbonyl (C=O) groups is 1. The Labute approximate surface area is 124 Å². The molecule has 1 aromatic carbocycles. The van der Waals surface area contributed by atoms with Crippen molar-refractivity contribution in [3.05, 3.63) is 58.9 Å². The van der Waals surface area contributed by atoms with Gasteiger partial charge in [0.05, 0.1) is 21.4 Å². The molecule has 0 saturated carbocycles. The Bertz CT molecular complexity index is 855. The molecule has 0 aliphatic carbocycles. The summed E-state index contributed by atoms with van der Waals surface area (Å²) in [7, 11) is 0. The van der Waals surface area contributed by atoms with Crippen molar-refractivity contribution < 1.29 is 10.0 Å². The zero-order chi connectivity index (χ0) is 14.8. The van der Waals surface area contributed by atoms with Gasteiger partial charge < -0.3 is 5.21 Å². The third kappa shape index (κ3) is 2.53. The number of hydrogen-bond donors (Lipinski definition) is 1. The first-order chi connectivity index (χ1) is 10.2. The topological polar surface area (TPSA) is 75.4 Å². The van der Waals surface area contributed by atoms with Crippen molar-refractivity contribution in [1.82, 2.24) is 9.97 Å². The molecule has 3 rings (SSSR count). The van der Waals surface area contributed by atoms with Crippen molar-refractivity contribution in [3.63, 3.8) is 0 Å². The molecule has 2 aromatic heterocycles. The minimum absolute atomic E-state index is 0.0757. The number of hydrogen-bond acceptors (Lipinski definition) is 6. The molecule has 104 valence electrons. The van der Waals surface area contributed by atoms with E-state index in [0.29, 0.717) is 11.3 Å². The summed E-state index contributed by atoms with van der Waals surface area (Å²) in [5.41, 5.74) is 3.91. The van der Waals surface area contributed by atoms with E-state index in [1.807, 2.05) is 19.1 Å². The van der Waals surface area contributed by atoms with Gasteiger partial charge in [0.15, 0.2) is 5.71 Å². The zero-order valence-corrected chi connectivity index (χ0v) is 12.0.